The zero-order valence-electron chi connectivity index (χ0n) is 18.7. The lowest BCUT2D eigenvalue weighted by Gasteiger charge is -2.31. The molecule has 2 aliphatic heterocycles. The van der Waals surface area contributed by atoms with E-state index >= 15 is 0 Å². The first-order valence-corrected chi connectivity index (χ1v) is 12.5. The Balaban J connectivity index is 1.44. The topological polar surface area (TPSA) is 53.5 Å². The lowest BCUT2D eigenvalue weighted by molar-refractivity contribution is 0.0652. The summed E-state index contributed by atoms with van der Waals surface area (Å²) in [6.45, 7) is 1.25. The number of fused-ring (bicyclic) bond motifs is 2. The summed E-state index contributed by atoms with van der Waals surface area (Å²) in [4.78, 5) is 35.9. The second-order valence-corrected chi connectivity index (χ2v) is 9.96. The summed E-state index contributed by atoms with van der Waals surface area (Å²) in [6, 6.07) is 10.9. The van der Waals surface area contributed by atoms with Crippen LogP contribution < -0.4 is 0 Å². The van der Waals surface area contributed by atoms with Gasteiger partial charge in [0.1, 0.15) is 11.4 Å². The molecule has 2 amide bonds. The predicted molar refractivity (Wildman–Crippen MR) is 123 cm³/mol. The van der Waals surface area contributed by atoms with Crippen molar-refractivity contribution in [3.8, 4) is 11.1 Å². The third kappa shape index (κ3) is 3.16. The Morgan fingerprint density at radius 1 is 0.656 bits per heavy atom. The molecule has 0 unspecified atom stereocenters. The smallest absolute Gasteiger partial charge is 0.273 e. The van der Waals surface area contributed by atoms with Crippen LogP contribution in [-0.2, 0) is 13.1 Å². The summed E-state index contributed by atoms with van der Waals surface area (Å²) in [6.07, 6.45) is 11.6. The zero-order valence-corrected chi connectivity index (χ0v) is 18.7. The summed E-state index contributed by atoms with van der Waals surface area (Å²) in [7, 11) is 0. The molecule has 5 heteroatoms. The Labute approximate surface area is 189 Å². The van der Waals surface area contributed by atoms with Crippen molar-refractivity contribution < 1.29 is 9.59 Å². The van der Waals surface area contributed by atoms with Crippen LogP contribution in [0.5, 0.6) is 0 Å². The quantitative estimate of drug-likeness (QED) is 0.663. The highest BCUT2D eigenvalue weighted by atomic mass is 16.2. The number of carbonyl (C=O) groups excluding carboxylic acids is 2. The minimum Gasteiger partial charge on any atom is -0.330 e. The predicted octanol–water partition coefficient (Wildman–Crippen LogP) is 5.33. The number of pyridine rings is 1. The van der Waals surface area contributed by atoms with Crippen LogP contribution in [0.2, 0.25) is 0 Å². The summed E-state index contributed by atoms with van der Waals surface area (Å²) < 4.78 is 0. The van der Waals surface area contributed by atoms with Crippen LogP contribution in [0.15, 0.2) is 30.3 Å². The summed E-state index contributed by atoms with van der Waals surface area (Å²) in [5.74, 6) is 0.0478. The van der Waals surface area contributed by atoms with Gasteiger partial charge in [0, 0.05) is 36.3 Å². The second kappa shape index (κ2) is 8.02. The van der Waals surface area contributed by atoms with Crippen LogP contribution >= 0.6 is 0 Å². The van der Waals surface area contributed by atoms with Crippen LogP contribution in [0.3, 0.4) is 0 Å². The molecule has 2 aliphatic carbocycles. The average molecular weight is 430 g/mol. The molecular weight excluding hydrogens is 398 g/mol. The maximum atomic E-state index is 13.5. The van der Waals surface area contributed by atoms with Crippen molar-refractivity contribution in [3.05, 3.63) is 52.8 Å². The second-order valence-electron chi connectivity index (χ2n) is 9.96. The van der Waals surface area contributed by atoms with Crippen LogP contribution in [0, 0.1) is 0 Å². The van der Waals surface area contributed by atoms with E-state index < -0.39 is 0 Å². The van der Waals surface area contributed by atoms with Crippen molar-refractivity contribution in [2.24, 2.45) is 0 Å². The molecule has 166 valence electrons. The molecule has 0 bridgehead atoms. The summed E-state index contributed by atoms with van der Waals surface area (Å²) in [5, 5.41) is 0. The maximum absolute atomic E-state index is 13.5. The number of amides is 2. The summed E-state index contributed by atoms with van der Waals surface area (Å²) in [5.41, 5.74) is 5.29. The molecule has 5 nitrogen and oxygen atoms in total. The molecule has 32 heavy (non-hydrogen) atoms. The van der Waals surface area contributed by atoms with E-state index in [0.717, 1.165) is 47.9 Å². The van der Waals surface area contributed by atoms with Crippen molar-refractivity contribution in [3.63, 3.8) is 0 Å². The minimum absolute atomic E-state index is 0.0239. The number of benzene rings is 1. The highest BCUT2D eigenvalue weighted by Gasteiger charge is 2.42. The fraction of sp³-hybridized carbons (Fsp3) is 0.519. The number of aromatic nitrogens is 1. The highest BCUT2D eigenvalue weighted by Crippen LogP contribution is 2.42. The first-order chi connectivity index (χ1) is 15.7. The van der Waals surface area contributed by atoms with Gasteiger partial charge in [-0.05, 0) is 36.8 Å². The van der Waals surface area contributed by atoms with Gasteiger partial charge in [-0.25, -0.2) is 4.98 Å². The van der Waals surface area contributed by atoms with Gasteiger partial charge in [-0.2, -0.15) is 0 Å². The van der Waals surface area contributed by atoms with Gasteiger partial charge in [-0.3, -0.25) is 9.59 Å². The Hall–Kier alpha value is -2.69. The Morgan fingerprint density at radius 2 is 1.12 bits per heavy atom. The number of carbonyl (C=O) groups is 2. The Morgan fingerprint density at radius 3 is 1.59 bits per heavy atom. The van der Waals surface area contributed by atoms with E-state index in [1.165, 1.54) is 38.5 Å². The molecule has 0 spiro atoms. The minimum atomic E-state index is 0.0239. The third-order valence-corrected chi connectivity index (χ3v) is 8.08. The average Bonchev–Trinajstić information content (AvgIpc) is 3.36. The molecule has 6 rings (SSSR count). The number of nitrogens with zero attached hydrogens (tertiary/aromatic N) is 3. The molecule has 2 fully saturated rings. The molecule has 3 heterocycles. The first kappa shape index (κ1) is 20.0. The fourth-order valence-electron chi connectivity index (χ4n) is 6.41. The summed E-state index contributed by atoms with van der Waals surface area (Å²) >= 11 is 0. The molecule has 4 aliphatic rings. The molecule has 0 radical (unpaired) electrons. The normalized spacial score (nSPS) is 21.9. The molecule has 0 atom stereocenters. The standard InChI is InChI=1S/C27H31N3O2/c31-26-24-21(16-29(26)19-12-6-2-7-13-19)23(18-10-4-1-5-11-18)22-17-30(27(32)25(22)28-24)20-14-8-3-9-15-20/h1,4-5,10-11,19-20H,2-3,6-9,12-17H2. The maximum Gasteiger partial charge on any atom is 0.273 e. The lowest BCUT2D eigenvalue weighted by Crippen LogP contribution is -2.37. The van der Waals surface area contributed by atoms with Gasteiger partial charge >= 0.3 is 0 Å². The van der Waals surface area contributed by atoms with Gasteiger partial charge in [0.2, 0.25) is 0 Å². The van der Waals surface area contributed by atoms with Crippen molar-refractivity contribution in [1.29, 1.82) is 0 Å². The SMILES string of the molecule is O=C1c2nc3c(c(-c4ccccc4)c2CN1C1CCCCC1)CN(C1CCCCC1)C3=O. The van der Waals surface area contributed by atoms with Crippen molar-refractivity contribution in [2.45, 2.75) is 89.4 Å². The van der Waals surface area contributed by atoms with E-state index in [1.807, 2.05) is 28.0 Å². The van der Waals surface area contributed by atoms with Gasteiger partial charge in [-0.1, -0.05) is 68.9 Å². The van der Waals surface area contributed by atoms with E-state index in [2.05, 4.69) is 12.1 Å². The van der Waals surface area contributed by atoms with Gasteiger partial charge in [0.25, 0.3) is 11.8 Å². The van der Waals surface area contributed by atoms with Crippen LogP contribution in [0.4, 0.5) is 0 Å². The van der Waals surface area contributed by atoms with Crippen molar-refractivity contribution in [1.82, 2.24) is 14.8 Å². The molecule has 0 saturated heterocycles. The van der Waals surface area contributed by atoms with Crippen LogP contribution in [0.1, 0.15) is 96.3 Å². The largest absolute Gasteiger partial charge is 0.330 e. The number of hydrogen-bond acceptors (Lipinski definition) is 3. The van der Waals surface area contributed by atoms with Crippen LogP contribution in [0.25, 0.3) is 11.1 Å². The molecule has 0 N–H and O–H groups in total. The van der Waals surface area contributed by atoms with E-state index in [0.29, 0.717) is 36.6 Å². The molecule has 1 aromatic carbocycles. The monoisotopic (exact) mass is 429 g/mol. The van der Waals surface area contributed by atoms with Crippen molar-refractivity contribution >= 4 is 11.8 Å². The Bertz CT molecular complexity index is 990. The molecular formula is C27H31N3O2. The first-order valence-electron chi connectivity index (χ1n) is 12.5. The number of hydrogen-bond donors (Lipinski definition) is 0. The fourth-order valence-corrected chi connectivity index (χ4v) is 6.41. The van der Waals surface area contributed by atoms with Gasteiger partial charge in [0.05, 0.1) is 0 Å². The molecule has 2 aromatic rings. The van der Waals surface area contributed by atoms with Crippen molar-refractivity contribution in [2.75, 3.05) is 0 Å². The van der Waals surface area contributed by atoms with Gasteiger partial charge < -0.3 is 9.80 Å². The molecule has 1 aromatic heterocycles. The highest BCUT2D eigenvalue weighted by molar-refractivity contribution is 6.05. The van der Waals surface area contributed by atoms with Gasteiger partial charge in [0.15, 0.2) is 0 Å². The lowest BCUT2D eigenvalue weighted by atomic mass is 9.93. The third-order valence-electron chi connectivity index (χ3n) is 8.08. The Kier molecular flexibility index (Phi) is 5.00. The van der Waals surface area contributed by atoms with E-state index in [4.69, 9.17) is 4.98 Å². The van der Waals surface area contributed by atoms with E-state index in [9.17, 15) is 9.59 Å². The zero-order chi connectivity index (χ0) is 21.7. The van der Waals surface area contributed by atoms with E-state index in [1.54, 1.807) is 0 Å². The van der Waals surface area contributed by atoms with Crippen LogP contribution in [-0.4, -0.2) is 38.7 Å². The van der Waals surface area contributed by atoms with E-state index in [-0.39, 0.29) is 11.8 Å². The number of rotatable bonds is 3. The molecule has 2 saturated carbocycles. The van der Waals surface area contributed by atoms with Gasteiger partial charge in [-0.15, -0.1) is 0 Å².